The molecule has 0 spiro atoms. The van der Waals surface area contributed by atoms with Crippen LogP contribution in [0.5, 0.6) is 0 Å². The van der Waals surface area contributed by atoms with Gasteiger partial charge in [0.15, 0.2) is 5.82 Å². The highest BCUT2D eigenvalue weighted by Crippen LogP contribution is 2.38. The van der Waals surface area contributed by atoms with E-state index in [2.05, 4.69) is 20.5 Å². The first-order valence-electron chi connectivity index (χ1n) is 10.3. The number of nitrogens with one attached hydrogen (secondary N) is 2. The van der Waals surface area contributed by atoms with Gasteiger partial charge in [0.25, 0.3) is 0 Å². The van der Waals surface area contributed by atoms with Crippen LogP contribution in [0.1, 0.15) is 56.7 Å². The first-order valence-corrected chi connectivity index (χ1v) is 10.3. The van der Waals surface area contributed by atoms with Crippen molar-refractivity contribution in [3.05, 3.63) is 30.1 Å². The van der Waals surface area contributed by atoms with Crippen LogP contribution in [0, 0.1) is 5.92 Å². The van der Waals surface area contributed by atoms with Crippen molar-refractivity contribution < 1.29 is 9.59 Å². The van der Waals surface area contributed by atoms with E-state index in [-0.39, 0.29) is 17.7 Å². The Morgan fingerprint density at radius 2 is 1.86 bits per heavy atom. The van der Waals surface area contributed by atoms with E-state index in [1.165, 1.54) is 25.7 Å². The number of anilines is 1. The highest BCUT2D eigenvalue weighted by molar-refractivity contribution is 5.97. The lowest BCUT2D eigenvalue weighted by Gasteiger charge is -2.23. The van der Waals surface area contributed by atoms with Crippen LogP contribution >= 0.6 is 0 Å². The van der Waals surface area contributed by atoms with Crippen LogP contribution in [-0.2, 0) is 9.59 Å². The molecule has 1 saturated heterocycles. The lowest BCUT2D eigenvalue weighted by molar-refractivity contribution is -0.129. The summed E-state index contributed by atoms with van der Waals surface area (Å²) in [6.07, 6.45) is 7.20. The Morgan fingerprint density at radius 1 is 1.11 bits per heavy atom. The molecule has 3 aliphatic rings. The minimum Gasteiger partial charge on any atom is -0.339 e. The molecule has 2 heterocycles. The Bertz CT molecular complexity index is 880. The van der Waals surface area contributed by atoms with Gasteiger partial charge in [-0.2, -0.15) is 5.10 Å². The maximum Gasteiger partial charge on any atom is 0.229 e. The fourth-order valence-electron chi connectivity index (χ4n) is 4.37. The fraction of sp³-hybridized carbons (Fsp3) is 0.524. The van der Waals surface area contributed by atoms with Crippen LogP contribution in [0.2, 0.25) is 0 Å². The molecule has 146 valence electrons. The van der Waals surface area contributed by atoms with E-state index in [9.17, 15) is 9.59 Å². The average molecular weight is 379 g/mol. The second kappa shape index (κ2) is 7.04. The zero-order valence-corrected chi connectivity index (χ0v) is 15.9. The molecule has 1 aliphatic heterocycles. The van der Waals surface area contributed by atoms with Crippen molar-refractivity contribution >= 4 is 17.5 Å². The Kier molecular flexibility index (Phi) is 4.37. The smallest absolute Gasteiger partial charge is 0.229 e. The number of H-pyrrole nitrogens is 1. The molecule has 1 aromatic heterocycles. The second-order valence-corrected chi connectivity index (χ2v) is 8.27. The molecule has 0 bridgehead atoms. The van der Waals surface area contributed by atoms with E-state index >= 15 is 0 Å². The normalized spacial score (nSPS) is 22.8. The predicted octanol–water partition coefficient (Wildman–Crippen LogP) is 3.08. The zero-order valence-electron chi connectivity index (χ0n) is 15.9. The van der Waals surface area contributed by atoms with Crippen molar-refractivity contribution in [2.24, 2.45) is 5.92 Å². The van der Waals surface area contributed by atoms with Gasteiger partial charge in [0, 0.05) is 36.2 Å². The van der Waals surface area contributed by atoms with E-state index in [0.29, 0.717) is 30.7 Å². The number of carbonyl (C=O) groups excluding carboxylic acids is 2. The lowest BCUT2D eigenvalue weighted by atomic mass is 10.1. The van der Waals surface area contributed by atoms with Gasteiger partial charge in [-0.15, -0.1) is 0 Å². The number of hydrogen-bond acceptors (Lipinski definition) is 4. The van der Waals surface area contributed by atoms with Gasteiger partial charge in [0.05, 0.1) is 5.92 Å². The number of likely N-dealkylation sites (tertiary alicyclic amines) is 1. The van der Waals surface area contributed by atoms with E-state index in [4.69, 9.17) is 0 Å². The van der Waals surface area contributed by atoms with Crippen LogP contribution in [0.25, 0.3) is 11.4 Å². The largest absolute Gasteiger partial charge is 0.339 e. The maximum atomic E-state index is 12.6. The van der Waals surface area contributed by atoms with Gasteiger partial charge >= 0.3 is 0 Å². The quantitative estimate of drug-likeness (QED) is 0.835. The molecule has 2 saturated carbocycles. The molecule has 3 fully saturated rings. The van der Waals surface area contributed by atoms with Gasteiger partial charge < -0.3 is 10.2 Å². The Balaban J connectivity index is 1.21. The van der Waals surface area contributed by atoms with Crippen LogP contribution in [0.15, 0.2) is 24.3 Å². The summed E-state index contributed by atoms with van der Waals surface area (Å²) >= 11 is 0. The fourth-order valence-corrected chi connectivity index (χ4v) is 4.37. The minimum absolute atomic E-state index is 0.0736. The highest BCUT2D eigenvalue weighted by Gasteiger charge is 2.38. The molecule has 0 radical (unpaired) electrons. The van der Waals surface area contributed by atoms with Crippen molar-refractivity contribution in [2.75, 3.05) is 11.9 Å². The molecule has 7 heteroatoms. The van der Waals surface area contributed by atoms with E-state index in [0.717, 1.165) is 29.9 Å². The third-order valence-corrected chi connectivity index (χ3v) is 6.17. The number of aromatic nitrogens is 3. The van der Waals surface area contributed by atoms with Crippen LogP contribution in [-0.4, -0.2) is 44.5 Å². The van der Waals surface area contributed by atoms with Crippen molar-refractivity contribution in [3.63, 3.8) is 0 Å². The summed E-state index contributed by atoms with van der Waals surface area (Å²) in [6.45, 7) is 0.550. The molecule has 1 aromatic carbocycles. The van der Waals surface area contributed by atoms with Gasteiger partial charge in [-0.05, 0) is 49.9 Å². The summed E-state index contributed by atoms with van der Waals surface area (Å²) in [6, 6.07) is 7.91. The topological polar surface area (TPSA) is 91.0 Å². The van der Waals surface area contributed by atoms with Crippen molar-refractivity contribution in [3.8, 4) is 11.4 Å². The predicted molar refractivity (Wildman–Crippen MR) is 104 cm³/mol. The molecule has 2 aliphatic carbocycles. The number of aromatic amines is 1. The summed E-state index contributed by atoms with van der Waals surface area (Å²) in [5, 5.41) is 10.3. The molecule has 2 aromatic rings. The van der Waals surface area contributed by atoms with Crippen LogP contribution in [0.4, 0.5) is 5.69 Å². The summed E-state index contributed by atoms with van der Waals surface area (Å²) < 4.78 is 0. The van der Waals surface area contributed by atoms with Crippen molar-refractivity contribution in [1.29, 1.82) is 0 Å². The number of rotatable bonds is 5. The number of amides is 2. The molecule has 2 amide bonds. The molecule has 5 rings (SSSR count). The Hall–Kier alpha value is -2.70. The minimum atomic E-state index is -0.262. The molecular weight excluding hydrogens is 354 g/mol. The Morgan fingerprint density at radius 3 is 2.57 bits per heavy atom. The number of nitrogens with zero attached hydrogens (tertiary/aromatic N) is 3. The molecule has 7 nitrogen and oxygen atoms in total. The maximum absolute atomic E-state index is 12.6. The third-order valence-electron chi connectivity index (χ3n) is 6.17. The summed E-state index contributed by atoms with van der Waals surface area (Å²) in [4.78, 5) is 31.4. The molecule has 2 N–H and O–H groups in total. The summed E-state index contributed by atoms with van der Waals surface area (Å²) in [5.74, 6) is 1.98. The van der Waals surface area contributed by atoms with Gasteiger partial charge in [-0.25, -0.2) is 4.98 Å². The lowest BCUT2D eigenvalue weighted by Crippen LogP contribution is -2.35. The number of hydrogen-bond donors (Lipinski definition) is 2. The molecule has 1 atom stereocenters. The van der Waals surface area contributed by atoms with E-state index in [1.54, 1.807) is 0 Å². The first kappa shape index (κ1) is 17.4. The second-order valence-electron chi connectivity index (χ2n) is 8.27. The first-order chi connectivity index (χ1) is 13.7. The average Bonchev–Trinajstić information content (AvgIpc) is 3.11. The molecular formula is C21H25N5O2. The van der Waals surface area contributed by atoms with Crippen molar-refractivity contribution in [1.82, 2.24) is 20.1 Å². The Labute approximate surface area is 163 Å². The van der Waals surface area contributed by atoms with Gasteiger partial charge in [0.1, 0.15) is 5.82 Å². The van der Waals surface area contributed by atoms with Crippen LogP contribution in [0.3, 0.4) is 0 Å². The summed E-state index contributed by atoms with van der Waals surface area (Å²) in [7, 11) is 0. The number of carbonyl (C=O) groups is 2. The van der Waals surface area contributed by atoms with Crippen molar-refractivity contribution in [2.45, 2.75) is 56.9 Å². The highest BCUT2D eigenvalue weighted by atomic mass is 16.2. The number of benzene rings is 1. The van der Waals surface area contributed by atoms with Gasteiger partial charge in [-0.1, -0.05) is 12.8 Å². The van der Waals surface area contributed by atoms with E-state index in [1.807, 2.05) is 29.2 Å². The molecule has 1 unspecified atom stereocenters. The molecule has 28 heavy (non-hydrogen) atoms. The van der Waals surface area contributed by atoms with Crippen LogP contribution < -0.4 is 5.32 Å². The van der Waals surface area contributed by atoms with E-state index < -0.39 is 0 Å². The zero-order chi connectivity index (χ0) is 19.1. The summed E-state index contributed by atoms with van der Waals surface area (Å²) in [5.41, 5.74) is 1.66. The standard InChI is InChI=1S/C21H25N5O2/c27-18-11-15(12-26(18)17-3-1-2-4-17)21(28)22-16-9-7-14(8-10-16)20-23-19(24-25-20)13-5-6-13/h7-10,13,15,17H,1-6,11-12H2,(H,22,28)(H,23,24,25). The SMILES string of the molecule is O=C(Nc1ccc(-c2n[nH]c(C3CC3)n2)cc1)C1CC(=O)N(C2CCCC2)C1. The third kappa shape index (κ3) is 3.41. The van der Waals surface area contributed by atoms with Gasteiger partial charge in [-0.3, -0.25) is 14.7 Å². The monoisotopic (exact) mass is 379 g/mol. The van der Waals surface area contributed by atoms with Gasteiger partial charge in [0.2, 0.25) is 11.8 Å².